The first-order valence-electron chi connectivity index (χ1n) is 8.39. The lowest BCUT2D eigenvalue weighted by Crippen LogP contribution is -2.52. The third kappa shape index (κ3) is 2.01. The number of hydrogen-bond acceptors (Lipinski definition) is 2. The fraction of sp³-hybridized carbons (Fsp3) is 0.938. The Bertz CT molecular complexity index is 368. The van der Waals surface area contributed by atoms with E-state index in [9.17, 15) is 4.79 Å². The third-order valence-corrected chi connectivity index (χ3v) is 6.14. The van der Waals surface area contributed by atoms with Crippen molar-refractivity contribution in [3.05, 3.63) is 0 Å². The van der Waals surface area contributed by atoms with E-state index in [1.165, 1.54) is 51.4 Å². The maximum Gasteiger partial charge on any atom is 0.227 e. The van der Waals surface area contributed by atoms with Crippen molar-refractivity contribution in [2.24, 2.45) is 11.8 Å². The minimum atomic E-state index is 0.305. The Kier molecular flexibility index (Phi) is 3.06. The summed E-state index contributed by atoms with van der Waals surface area (Å²) < 4.78 is 0. The molecule has 2 bridgehead atoms. The van der Waals surface area contributed by atoms with E-state index >= 15 is 0 Å². The van der Waals surface area contributed by atoms with Gasteiger partial charge in [0, 0.05) is 24.7 Å². The highest BCUT2D eigenvalue weighted by Crippen LogP contribution is 2.39. The Morgan fingerprint density at radius 3 is 2.63 bits per heavy atom. The topological polar surface area (TPSA) is 32.3 Å². The summed E-state index contributed by atoms with van der Waals surface area (Å²) in [6.45, 7) is 1.04. The van der Waals surface area contributed by atoms with Gasteiger partial charge in [0.2, 0.25) is 5.91 Å². The quantitative estimate of drug-likeness (QED) is 0.786. The first kappa shape index (κ1) is 12.2. The lowest BCUT2D eigenvalue weighted by atomic mass is 9.77. The van der Waals surface area contributed by atoms with Crippen LogP contribution in [0.5, 0.6) is 0 Å². The number of fused-ring (bicyclic) bond motifs is 3. The van der Waals surface area contributed by atoms with E-state index in [0.717, 1.165) is 18.9 Å². The number of nitrogens with zero attached hydrogens (tertiary/aromatic N) is 1. The molecule has 106 valence electrons. The van der Waals surface area contributed by atoms with Gasteiger partial charge in [0.05, 0.1) is 5.92 Å². The fourth-order valence-corrected chi connectivity index (χ4v) is 5.21. The van der Waals surface area contributed by atoms with Crippen LogP contribution < -0.4 is 5.32 Å². The van der Waals surface area contributed by atoms with Crippen molar-refractivity contribution in [2.75, 3.05) is 6.54 Å². The molecular formula is C16H26N2O. The van der Waals surface area contributed by atoms with Gasteiger partial charge in [0.25, 0.3) is 0 Å². The summed E-state index contributed by atoms with van der Waals surface area (Å²) in [4.78, 5) is 15.2. The number of likely N-dealkylation sites (tertiary alicyclic amines) is 1. The van der Waals surface area contributed by atoms with E-state index in [1.54, 1.807) is 0 Å². The van der Waals surface area contributed by atoms with Crippen LogP contribution in [0.3, 0.4) is 0 Å². The van der Waals surface area contributed by atoms with Gasteiger partial charge in [0.1, 0.15) is 0 Å². The molecule has 1 amide bonds. The van der Waals surface area contributed by atoms with E-state index in [1.807, 2.05) is 0 Å². The van der Waals surface area contributed by atoms with Crippen molar-refractivity contribution < 1.29 is 4.79 Å². The van der Waals surface area contributed by atoms with Crippen LogP contribution in [0.25, 0.3) is 0 Å². The van der Waals surface area contributed by atoms with Crippen molar-refractivity contribution >= 4 is 5.91 Å². The molecule has 4 aliphatic rings. The van der Waals surface area contributed by atoms with Crippen LogP contribution in [0.4, 0.5) is 0 Å². The van der Waals surface area contributed by atoms with E-state index < -0.39 is 0 Å². The second-order valence-electron chi connectivity index (χ2n) is 7.18. The van der Waals surface area contributed by atoms with Crippen LogP contribution in [-0.4, -0.2) is 35.5 Å². The van der Waals surface area contributed by atoms with Crippen LogP contribution in [-0.2, 0) is 4.79 Å². The summed E-state index contributed by atoms with van der Waals surface area (Å²) in [6, 6.07) is 1.74. The lowest BCUT2D eigenvalue weighted by Gasteiger charge is -2.45. The molecule has 4 rings (SSSR count). The molecule has 3 heteroatoms. The molecule has 3 heterocycles. The zero-order chi connectivity index (χ0) is 12.8. The Balaban J connectivity index is 1.49. The average Bonchev–Trinajstić information content (AvgIpc) is 3.08. The minimum absolute atomic E-state index is 0.305. The molecule has 4 fully saturated rings. The molecule has 0 aromatic heterocycles. The molecule has 3 aliphatic heterocycles. The van der Waals surface area contributed by atoms with Gasteiger partial charge in [-0.3, -0.25) is 4.79 Å². The van der Waals surface area contributed by atoms with Gasteiger partial charge >= 0.3 is 0 Å². The van der Waals surface area contributed by atoms with E-state index in [0.29, 0.717) is 30.0 Å². The maximum atomic E-state index is 12.9. The predicted octanol–water partition coefficient (Wildman–Crippen LogP) is 2.31. The number of amides is 1. The first-order valence-corrected chi connectivity index (χ1v) is 8.39. The summed E-state index contributed by atoms with van der Waals surface area (Å²) in [6.07, 6.45) is 11.6. The normalized spacial score (nSPS) is 45.3. The van der Waals surface area contributed by atoms with Crippen molar-refractivity contribution in [1.29, 1.82) is 0 Å². The van der Waals surface area contributed by atoms with Gasteiger partial charge in [-0.05, 0) is 50.9 Å². The highest BCUT2D eigenvalue weighted by molar-refractivity contribution is 5.80. The highest BCUT2D eigenvalue weighted by Gasteiger charge is 2.46. The van der Waals surface area contributed by atoms with Gasteiger partial charge in [-0.1, -0.05) is 12.8 Å². The van der Waals surface area contributed by atoms with E-state index in [2.05, 4.69) is 10.2 Å². The van der Waals surface area contributed by atoms with Gasteiger partial charge in [-0.25, -0.2) is 0 Å². The molecule has 5 atom stereocenters. The van der Waals surface area contributed by atoms with Crippen LogP contribution >= 0.6 is 0 Å². The third-order valence-electron chi connectivity index (χ3n) is 6.14. The molecule has 3 saturated heterocycles. The standard InChI is InChI=1S/C16H26N2O/c19-16(13-10-12-7-8-14(13)17-12)18-9-3-5-11-4-1-2-6-15(11)18/h11-15,17H,1-10H2/t11-,12?,13?,14?,15-/m1/s1. The van der Waals surface area contributed by atoms with E-state index in [-0.39, 0.29) is 0 Å². The second-order valence-corrected chi connectivity index (χ2v) is 7.18. The number of rotatable bonds is 1. The van der Waals surface area contributed by atoms with Crippen molar-refractivity contribution in [3.8, 4) is 0 Å². The second kappa shape index (κ2) is 4.76. The highest BCUT2D eigenvalue weighted by atomic mass is 16.2. The first-order chi connectivity index (χ1) is 9.33. The fourth-order valence-electron chi connectivity index (χ4n) is 5.21. The van der Waals surface area contributed by atoms with Crippen molar-refractivity contribution in [2.45, 2.75) is 75.9 Å². The van der Waals surface area contributed by atoms with Crippen LogP contribution in [0, 0.1) is 11.8 Å². The largest absolute Gasteiger partial charge is 0.339 e. The lowest BCUT2D eigenvalue weighted by molar-refractivity contribution is -0.142. The number of hydrogen-bond donors (Lipinski definition) is 1. The smallest absolute Gasteiger partial charge is 0.227 e. The van der Waals surface area contributed by atoms with Gasteiger partial charge in [0.15, 0.2) is 0 Å². The molecule has 0 spiro atoms. The summed E-state index contributed by atoms with van der Waals surface area (Å²) in [5, 5.41) is 3.62. The van der Waals surface area contributed by atoms with Crippen LogP contribution in [0.2, 0.25) is 0 Å². The molecule has 19 heavy (non-hydrogen) atoms. The summed E-state index contributed by atoms with van der Waals surface area (Å²) in [5.74, 6) is 1.62. The van der Waals surface area contributed by atoms with Gasteiger partial charge in [-0.15, -0.1) is 0 Å². The Labute approximate surface area is 116 Å². The molecule has 1 aliphatic carbocycles. The number of nitrogens with one attached hydrogen (secondary N) is 1. The van der Waals surface area contributed by atoms with Gasteiger partial charge < -0.3 is 10.2 Å². The molecule has 0 aromatic carbocycles. The van der Waals surface area contributed by atoms with E-state index in [4.69, 9.17) is 0 Å². The average molecular weight is 262 g/mol. The molecule has 3 unspecified atom stereocenters. The molecule has 3 nitrogen and oxygen atoms in total. The van der Waals surface area contributed by atoms with Crippen LogP contribution in [0.1, 0.15) is 57.8 Å². The molecule has 1 saturated carbocycles. The van der Waals surface area contributed by atoms with Crippen LogP contribution in [0.15, 0.2) is 0 Å². The summed E-state index contributed by atoms with van der Waals surface area (Å²) in [7, 11) is 0. The van der Waals surface area contributed by atoms with Crippen molar-refractivity contribution in [3.63, 3.8) is 0 Å². The Hall–Kier alpha value is -0.570. The Morgan fingerprint density at radius 2 is 1.84 bits per heavy atom. The van der Waals surface area contributed by atoms with Crippen molar-refractivity contribution in [1.82, 2.24) is 10.2 Å². The molecular weight excluding hydrogens is 236 g/mol. The Morgan fingerprint density at radius 1 is 1.00 bits per heavy atom. The number of carbonyl (C=O) groups excluding carboxylic acids is 1. The minimum Gasteiger partial charge on any atom is -0.339 e. The summed E-state index contributed by atoms with van der Waals surface area (Å²) in [5.41, 5.74) is 0. The zero-order valence-corrected chi connectivity index (χ0v) is 11.8. The maximum absolute atomic E-state index is 12.9. The number of carbonyl (C=O) groups is 1. The summed E-state index contributed by atoms with van der Waals surface area (Å²) >= 11 is 0. The molecule has 0 aromatic rings. The molecule has 1 N–H and O–H groups in total. The SMILES string of the molecule is O=C(C1CC2CCC1N2)N1CCC[C@H]2CCCC[C@H]21. The zero-order valence-electron chi connectivity index (χ0n) is 11.8. The van der Waals surface area contributed by atoms with Gasteiger partial charge in [-0.2, -0.15) is 0 Å². The molecule has 0 radical (unpaired) electrons. The number of piperidine rings is 1. The monoisotopic (exact) mass is 262 g/mol. The predicted molar refractivity (Wildman–Crippen MR) is 74.7 cm³/mol.